The molecule has 5 heteroatoms. The van der Waals surface area contributed by atoms with Gasteiger partial charge in [-0.05, 0) is 63.1 Å². The Hall–Kier alpha value is -2.01. The topological polar surface area (TPSA) is 74.6 Å². The van der Waals surface area contributed by atoms with Gasteiger partial charge in [-0.3, -0.25) is 0 Å². The van der Waals surface area contributed by atoms with Crippen molar-refractivity contribution in [1.29, 1.82) is 0 Å². The maximum Gasteiger partial charge on any atom is 0.207 e. The molecule has 0 radical (unpaired) electrons. The Morgan fingerprint density at radius 1 is 0.714 bits per heavy atom. The van der Waals surface area contributed by atoms with Crippen molar-refractivity contribution in [2.24, 2.45) is 0 Å². The lowest BCUT2D eigenvalue weighted by molar-refractivity contribution is 0.467. The minimum absolute atomic E-state index is 0.0527. The number of phenols is 2. The SMILES string of the molecule is Cc1cc(O)c(C)c(S(=O)(=O)c2cc(C)cc(O)c2C)c1. The van der Waals surface area contributed by atoms with Crippen molar-refractivity contribution in [3.8, 4) is 11.5 Å². The lowest BCUT2D eigenvalue weighted by Gasteiger charge is -2.14. The molecule has 0 atom stereocenters. The highest BCUT2D eigenvalue weighted by molar-refractivity contribution is 7.91. The molecule has 0 fully saturated rings. The molecule has 2 N–H and O–H groups in total. The monoisotopic (exact) mass is 306 g/mol. The number of hydrogen-bond acceptors (Lipinski definition) is 4. The van der Waals surface area contributed by atoms with Gasteiger partial charge in [0.05, 0.1) is 9.79 Å². The standard InChI is InChI=1S/C16H18O4S/c1-9-5-13(17)11(3)15(7-9)21(19,20)16-8-10(2)6-14(18)12(16)4/h5-8,17-18H,1-4H3. The number of sulfone groups is 1. The molecule has 0 saturated heterocycles. The second-order valence-corrected chi connectivity index (χ2v) is 7.20. The van der Waals surface area contributed by atoms with Gasteiger partial charge >= 0.3 is 0 Å². The Morgan fingerprint density at radius 3 is 1.38 bits per heavy atom. The lowest BCUT2D eigenvalue weighted by Crippen LogP contribution is -2.07. The van der Waals surface area contributed by atoms with Gasteiger partial charge in [0, 0.05) is 11.1 Å². The van der Waals surface area contributed by atoms with E-state index in [4.69, 9.17) is 0 Å². The number of phenolic OH excluding ortho intramolecular Hbond substituents is 2. The van der Waals surface area contributed by atoms with Crippen LogP contribution in [0.1, 0.15) is 22.3 Å². The molecule has 4 nitrogen and oxygen atoms in total. The first kappa shape index (κ1) is 15.4. The summed E-state index contributed by atoms with van der Waals surface area (Å²) in [5.41, 5.74) is 1.93. The van der Waals surface area contributed by atoms with E-state index >= 15 is 0 Å². The largest absolute Gasteiger partial charge is 0.508 e. The fourth-order valence-electron chi connectivity index (χ4n) is 2.29. The van der Waals surface area contributed by atoms with Gasteiger partial charge in [-0.2, -0.15) is 0 Å². The molecule has 2 rings (SSSR count). The Morgan fingerprint density at radius 2 is 1.05 bits per heavy atom. The van der Waals surface area contributed by atoms with Crippen LogP contribution in [0.5, 0.6) is 11.5 Å². The van der Waals surface area contributed by atoms with Gasteiger partial charge < -0.3 is 10.2 Å². The van der Waals surface area contributed by atoms with Crippen molar-refractivity contribution in [3.63, 3.8) is 0 Å². The van der Waals surface area contributed by atoms with Crippen LogP contribution < -0.4 is 0 Å². The Labute approximate surface area is 124 Å². The van der Waals surface area contributed by atoms with Crippen molar-refractivity contribution < 1.29 is 18.6 Å². The van der Waals surface area contributed by atoms with E-state index in [2.05, 4.69) is 0 Å². The lowest BCUT2D eigenvalue weighted by atomic mass is 10.1. The predicted octanol–water partition coefficient (Wildman–Crippen LogP) is 3.16. The fourth-order valence-corrected chi connectivity index (χ4v) is 4.22. The third kappa shape index (κ3) is 2.61. The first-order valence-electron chi connectivity index (χ1n) is 6.50. The van der Waals surface area contributed by atoms with E-state index in [1.54, 1.807) is 27.7 Å². The second kappa shape index (κ2) is 5.07. The molecule has 0 saturated carbocycles. The smallest absolute Gasteiger partial charge is 0.207 e. The van der Waals surface area contributed by atoms with E-state index in [-0.39, 0.29) is 21.3 Å². The third-order valence-electron chi connectivity index (χ3n) is 3.53. The minimum Gasteiger partial charge on any atom is -0.508 e. The maximum absolute atomic E-state index is 12.9. The molecule has 21 heavy (non-hydrogen) atoms. The molecule has 0 bridgehead atoms. The van der Waals surface area contributed by atoms with Gasteiger partial charge in [0.2, 0.25) is 9.84 Å². The molecular formula is C16H18O4S. The summed E-state index contributed by atoms with van der Waals surface area (Å²) in [7, 11) is -3.81. The van der Waals surface area contributed by atoms with Gasteiger partial charge in [-0.25, -0.2) is 8.42 Å². The zero-order valence-electron chi connectivity index (χ0n) is 12.4. The summed E-state index contributed by atoms with van der Waals surface area (Å²) < 4.78 is 25.7. The van der Waals surface area contributed by atoms with Crippen LogP contribution in [0, 0.1) is 27.7 Å². The van der Waals surface area contributed by atoms with Crippen LogP contribution in [0.2, 0.25) is 0 Å². The molecule has 2 aromatic carbocycles. The van der Waals surface area contributed by atoms with Gasteiger partial charge in [-0.15, -0.1) is 0 Å². The summed E-state index contributed by atoms with van der Waals surface area (Å²) >= 11 is 0. The van der Waals surface area contributed by atoms with Gasteiger partial charge in [-0.1, -0.05) is 0 Å². The number of hydrogen-bond donors (Lipinski definition) is 2. The van der Waals surface area contributed by atoms with Crippen molar-refractivity contribution in [2.75, 3.05) is 0 Å². The number of rotatable bonds is 2. The minimum atomic E-state index is -3.81. The molecule has 0 heterocycles. The molecule has 0 aliphatic carbocycles. The quantitative estimate of drug-likeness (QED) is 0.893. The summed E-state index contributed by atoms with van der Waals surface area (Å²) in [5, 5.41) is 19.7. The summed E-state index contributed by atoms with van der Waals surface area (Å²) in [6.07, 6.45) is 0. The van der Waals surface area contributed by atoms with E-state index in [0.717, 1.165) is 0 Å². The van der Waals surface area contributed by atoms with E-state index in [1.807, 2.05) is 0 Å². The van der Waals surface area contributed by atoms with Crippen molar-refractivity contribution >= 4 is 9.84 Å². The highest BCUT2D eigenvalue weighted by atomic mass is 32.2. The highest BCUT2D eigenvalue weighted by Gasteiger charge is 2.25. The molecule has 0 spiro atoms. The summed E-state index contributed by atoms with van der Waals surface area (Å²) in [6.45, 7) is 6.57. The van der Waals surface area contributed by atoms with Crippen LogP contribution in [0.3, 0.4) is 0 Å². The predicted molar refractivity (Wildman–Crippen MR) is 80.6 cm³/mol. The Bertz CT molecular complexity index is 757. The van der Waals surface area contributed by atoms with E-state index < -0.39 is 9.84 Å². The number of aromatic hydroxyl groups is 2. The second-order valence-electron chi connectivity index (χ2n) is 5.32. The molecule has 0 aliphatic rings. The normalized spacial score (nSPS) is 11.6. The first-order chi connectivity index (χ1) is 9.64. The summed E-state index contributed by atoms with van der Waals surface area (Å²) in [4.78, 5) is 0.126. The zero-order valence-corrected chi connectivity index (χ0v) is 13.2. The number of benzene rings is 2. The van der Waals surface area contributed by atoms with E-state index in [0.29, 0.717) is 22.3 Å². The zero-order chi connectivity index (χ0) is 15.9. The van der Waals surface area contributed by atoms with Crippen molar-refractivity contribution in [1.82, 2.24) is 0 Å². The van der Waals surface area contributed by atoms with Gasteiger partial charge in [0.25, 0.3) is 0 Å². The van der Waals surface area contributed by atoms with Gasteiger partial charge in [0.15, 0.2) is 0 Å². The maximum atomic E-state index is 12.9. The molecule has 2 aromatic rings. The fraction of sp³-hybridized carbons (Fsp3) is 0.250. The van der Waals surface area contributed by atoms with Crippen LogP contribution in [-0.2, 0) is 9.84 Å². The average molecular weight is 306 g/mol. The molecular weight excluding hydrogens is 288 g/mol. The highest BCUT2D eigenvalue weighted by Crippen LogP contribution is 2.34. The molecule has 0 aliphatic heterocycles. The van der Waals surface area contributed by atoms with Crippen LogP contribution in [0.15, 0.2) is 34.1 Å². The van der Waals surface area contributed by atoms with Crippen LogP contribution in [0.25, 0.3) is 0 Å². The van der Waals surface area contributed by atoms with E-state index in [1.165, 1.54) is 24.3 Å². The molecule has 0 unspecified atom stereocenters. The summed E-state index contributed by atoms with van der Waals surface area (Å²) in [5.74, 6) is -0.105. The molecule has 0 aromatic heterocycles. The molecule has 112 valence electrons. The van der Waals surface area contributed by atoms with E-state index in [9.17, 15) is 18.6 Å². The van der Waals surface area contributed by atoms with Crippen LogP contribution >= 0.6 is 0 Å². The van der Waals surface area contributed by atoms with Crippen LogP contribution in [-0.4, -0.2) is 18.6 Å². The van der Waals surface area contributed by atoms with Gasteiger partial charge in [0.1, 0.15) is 11.5 Å². The Kier molecular flexibility index (Phi) is 3.72. The third-order valence-corrected chi connectivity index (χ3v) is 5.54. The molecule has 0 amide bonds. The first-order valence-corrected chi connectivity index (χ1v) is 7.98. The van der Waals surface area contributed by atoms with Crippen molar-refractivity contribution in [2.45, 2.75) is 37.5 Å². The number of aryl methyl sites for hydroxylation is 2. The summed E-state index contributed by atoms with van der Waals surface area (Å²) in [6, 6.07) is 6.11. The average Bonchev–Trinajstić information content (AvgIpc) is 2.37. The van der Waals surface area contributed by atoms with Crippen molar-refractivity contribution in [3.05, 3.63) is 46.5 Å². The Balaban J connectivity index is 2.81. The van der Waals surface area contributed by atoms with Crippen LogP contribution in [0.4, 0.5) is 0 Å².